The van der Waals surface area contributed by atoms with Gasteiger partial charge in [0.05, 0.1) is 10.6 Å². The highest BCUT2D eigenvalue weighted by Gasteiger charge is 2.24. The Morgan fingerprint density at radius 1 is 1.54 bits per heavy atom. The van der Waals surface area contributed by atoms with Gasteiger partial charge in [-0.3, -0.25) is 0 Å². The molecule has 2 heterocycles. The zero-order valence-corrected chi connectivity index (χ0v) is 8.48. The summed E-state index contributed by atoms with van der Waals surface area (Å²) in [6.07, 6.45) is 0. The fourth-order valence-corrected chi connectivity index (χ4v) is 2.67. The van der Waals surface area contributed by atoms with Crippen LogP contribution in [0.2, 0.25) is 0 Å². The molecule has 0 aromatic carbocycles. The SMILES string of the molecule is CNc1nc(N)nc2c1SCC2C. The molecule has 0 amide bonds. The maximum atomic E-state index is 5.60. The molecule has 0 aliphatic carbocycles. The molecule has 1 aliphatic heterocycles. The van der Waals surface area contributed by atoms with Crippen LogP contribution in [-0.4, -0.2) is 22.8 Å². The summed E-state index contributed by atoms with van der Waals surface area (Å²) in [6, 6.07) is 0. The Kier molecular flexibility index (Phi) is 2.03. The quantitative estimate of drug-likeness (QED) is 0.709. The largest absolute Gasteiger partial charge is 0.372 e. The maximum Gasteiger partial charge on any atom is 0.222 e. The van der Waals surface area contributed by atoms with E-state index >= 15 is 0 Å². The second kappa shape index (κ2) is 3.06. The molecule has 5 heteroatoms. The zero-order valence-electron chi connectivity index (χ0n) is 7.66. The van der Waals surface area contributed by atoms with Gasteiger partial charge in [0.1, 0.15) is 5.82 Å². The summed E-state index contributed by atoms with van der Waals surface area (Å²) in [7, 11) is 1.85. The van der Waals surface area contributed by atoms with Crippen LogP contribution in [0.1, 0.15) is 18.5 Å². The highest BCUT2D eigenvalue weighted by atomic mass is 32.2. The van der Waals surface area contributed by atoms with Crippen LogP contribution in [0.5, 0.6) is 0 Å². The van der Waals surface area contributed by atoms with Crippen molar-refractivity contribution in [1.82, 2.24) is 9.97 Å². The van der Waals surface area contributed by atoms with Crippen molar-refractivity contribution in [3.8, 4) is 0 Å². The number of anilines is 2. The first-order valence-electron chi connectivity index (χ1n) is 4.20. The van der Waals surface area contributed by atoms with Crippen LogP contribution < -0.4 is 11.1 Å². The Balaban J connectivity index is 2.56. The number of nitrogen functional groups attached to an aromatic ring is 1. The Hall–Kier alpha value is -0.970. The minimum absolute atomic E-state index is 0.359. The van der Waals surface area contributed by atoms with E-state index in [1.165, 1.54) is 0 Å². The van der Waals surface area contributed by atoms with Gasteiger partial charge in [-0.2, -0.15) is 4.98 Å². The molecule has 2 rings (SSSR count). The number of nitrogens with one attached hydrogen (secondary N) is 1. The Labute approximate surface area is 81.3 Å². The van der Waals surface area contributed by atoms with Gasteiger partial charge < -0.3 is 11.1 Å². The third kappa shape index (κ3) is 1.33. The first-order chi connectivity index (χ1) is 6.22. The fraction of sp³-hybridized carbons (Fsp3) is 0.500. The molecule has 3 N–H and O–H groups in total. The Bertz CT molecular complexity index is 339. The molecule has 1 aliphatic rings. The van der Waals surface area contributed by atoms with Gasteiger partial charge in [-0.05, 0) is 0 Å². The van der Waals surface area contributed by atoms with Crippen molar-refractivity contribution in [2.24, 2.45) is 0 Å². The van der Waals surface area contributed by atoms with Gasteiger partial charge in [0, 0.05) is 18.7 Å². The van der Waals surface area contributed by atoms with E-state index in [-0.39, 0.29) is 0 Å². The van der Waals surface area contributed by atoms with E-state index in [0.717, 1.165) is 22.2 Å². The average Bonchev–Trinajstić information content (AvgIpc) is 2.47. The van der Waals surface area contributed by atoms with Crippen molar-refractivity contribution >= 4 is 23.5 Å². The van der Waals surface area contributed by atoms with Gasteiger partial charge in [0.25, 0.3) is 0 Å². The highest BCUT2D eigenvalue weighted by Crippen LogP contribution is 2.41. The summed E-state index contributed by atoms with van der Waals surface area (Å²) in [5.74, 6) is 2.77. The molecule has 4 nitrogen and oxygen atoms in total. The lowest BCUT2D eigenvalue weighted by Crippen LogP contribution is -2.04. The number of hydrogen-bond donors (Lipinski definition) is 2. The molecule has 0 spiro atoms. The Morgan fingerprint density at radius 3 is 3.00 bits per heavy atom. The minimum atomic E-state index is 0.359. The van der Waals surface area contributed by atoms with Crippen LogP contribution in [0.3, 0.4) is 0 Å². The number of thioether (sulfide) groups is 1. The topological polar surface area (TPSA) is 63.8 Å². The third-order valence-electron chi connectivity index (χ3n) is 2.09. The van der Waals surface area contributed by atoms with E-state index in [0.29, 0.717) is 11.9 Å². The molecule has 1 unspecified atom stereocenters. The second-order valence-electron chi connectivity index (χ2n) is 3.11. The summed E-state index contributed by atoms with van der Waals surface area (Å²) in [6.45, 7) is 2.16. The van der Waals surface area contributed by atoms with Crippen LogP contribution in [-0.2, 0) is 0 Å². The predicted octanol–water partition coefficient (Wildman–Crippen LogP) is 1.31. The van der Waals surface area contributed by atoms with Gasteiger partial charge in [0.15, 0.2) is 0 Å². The molecule has 0 fully saturated rings. The van der Waals surface area contributed by atoms with E-state index in [1.807, 2.05) is 7.05 Å². The summed E-state index contributed by atoms with van der Waals surface area (Å²) in [4.78, 5) is 9.54. The van der Waals surface area contributed by atoms with Crippen molar-refractivity contribution in [2.45, 2.75) is 17.7 Å². The lowest BCUT2D eigenvalue weighted by atomic mass is 10.1. The number of nitrogens with zero attached hydrogens (tertiary/aromatic N) is 2. The average molecular weight is 196 g/mol. The van der Waals surface area contributed by atoms with Crippen LogP contribution in [0.15, 0.2) is 4.90 Å². The summed E-state index contributed by atoms with van der Waals surface area (Å²) >= 11 is 1.79. The van der Waals surface area contributed by atoms with Crippen LogP contribution in [0, 0.1) is 0 Å². The summed E-state index contributed by atoms with van der Waals surface area (Å²) < 4.78 is 0. The molecule has 0 saturated heterocycles. The first kappa shape index (κ1) is 8.62. The fourth-order valence-electron chi connectivity index (χ4n) is 1.42. The number of fused-ring (bicyclic) bond motifs is 1. The van der Waals surface area contributed by atoms with Crippen molar-refractivity contribution in [2.75, 3.05) is 23.9 Å². The van der Waals surface area contributed by atoms with E-state index in [2.05, 4.69) is 22.2 Å². The van der Waals surface area contributed by atoms with E-state index in [9.17, 15) is 0 Å². The molecule has 70 valence electrons. The van der Waals surface area contributed by atoms with Crippen molar-refractivity contribution in [3.05, 3.63) is 5.69 Å². The smallest absolute Gasteiger partial charge is 0.222 e. The maximum absolute atomic E-state index is 5.60. The van der Waals surface area contributed by atoms with Gasteiger partial charge in [-0.1, -0.05) is 6.92 Å². The molecule has 0 radical (unpaired) electrons. The molecule has 1 atom stereocenters. The molecule has 1 aromatic heterocycles. The zero-order chi connectivity index (χ0) is 9.42. The second-order valence-corrected chi connectivity index (χ2v) is 4.14. The van der Waals surface area contributed by atoms with Gasteiger partial charge in [0.2, 0.25) is 5.95 Å². The number of rotatable bonds is 1. The van der Waals surface area contributed by atoms with Crippen LogP contribution in [0.25, 0.3) is 0 Å². The molecular weight excluding hydrogens is 184 g/mol. The minimum Gasteiger partial charge on any atom is -0.372 e. The van der Waals surface area contributed by atoms with E-state index in [4.69, 9.17) is 5.73 Å². The number of nitrogens with two attached hydrogens (primary N) is 1. The summed E-state index contributed by atoms with van der Waals surface area (Å²) in [5, 5.41) is 3.04. The lowest BCUT2D eigenvalue weighted by Gasteiger charge is -2.07. The highest BCUT2D eigenvalue weighted by molar-refractivity contribution is 7.99. The number of aromatic nitrogens is 2. The van der Waals surface area contributed by atoms with Crippen LogP contribution in [0.4, 0.5) is 11.8 Å². The van der Waals surface area contributed by atoms with Gasteiger partial charge >= 0.3 is 0 Å². The normalized spacial score (nSPS) is 20.0. The molecule has 13 heavy (non-hydrogen) atoms. The first-order valence-corrected chi connectivity index (χ1v) is 5.19. The molecular formula is C8H12N4S. The third-order valence-corrected chi connectivity index (χ3v) is 3.45. The van der Waals surface area contributed by atoms with Gasteiger partial charge in [-0.25, -0.2) is 4.98 Å². The van der Waals surface area contributed by atoms with Crippen molar-refractivity contribution < 1.29 is 0 Å². The number of hydrogen-bond acceptors (Lipinski definition) is 5. The Morgan fingerprint density at radius 2 is 2.31 bits per heavy atom. The molecule has 0 saturated carbocycles. The monoisotopic (exact) mass is 196 g/mol. The molecule has 0 bridgehead atoms. The van der Waals surface area contributed by atoms with E-state index < -0.39 is 0 Å². The van der Waals surface area contributed by atoms with E-state index in [1.54, 1.807) is 11.8 Å². The predicted molar refractivity (Wildman–Crippen MR) is 55.1 cm³/mol. The van der Waals surface area contributed by atoms with Crippen molar-refractivity contribution in [3.63, 3.8) is 0 Å². The molecule has 1 aromatic rings. The van der Waals surface area contributed by atoms with Crippen molar-refractivity contribution in [1.29, 1.82) is 0 Å². The summed E-state index contributed by atoms with van der Waals surface area (Å²) in [5.41, 5.74) is 6.68. The lowest BCUT2D eigenvalue weighted by molar-refractivity contribution is 0.825. The van der Waals surface area contributed by atoms with Gasteiger partial charge in [-0.15, -0.1) is 11.8 Å². The van der Waals surface area contributed by atoms with Crippen LogP contribution >= 0.6 is 11.8 Å². The standard InChI is InChI=1S/C8H12N4S/c1-4-3-13-6-5(4)11-8(9)12-7(6)10-2/h4H,3H2,1-2H3,(H3,9,10,11,12).